The van der Waals surface area contributed by atoms with Crippen LogP contribution in [0.3, 0.4) is 0 Å². The van der Waals surface area contributed by atoms with Gasteiger partial charge in [-0.25, -0.2) is 9.97 Å². The summed E-state index contributed by atoms with van der Waals surface area (Å²) >= 11 is 14.0. The van der Waals surface area contributed by atoms with Gasteiger partial charge >= 0.3 is 0 Å². The van der Waals surface area contributed by atoms with Gasteiger partial charge in [0.1, 0.15) is 16.1 Å². The fourth-order valence-corrected chi connectivity index (χ4v) is 2.83. The maximum atomic E-state index is 6.13. The first-order chi connectivity index (χ1) is 7.70. The monoisotopic (exact) mass is 292 g/mol. The summed E-state index contributed by atoms with van der Waals surface area (Å²) in [5.41, 5.74) is 0.831. The molecular weight excluding hydrogens is 275 g/mol. The molecule has 0 amide bonds. The van der Waals surface area contributed by atoms with Crippen molar-refractivity contribution in [1.82, 2.24) is 9.97 Å². The molecule has 0 saturated heterocycles. The number of hydrogen-bond acceptors (Lipinski definition) is 3. The lowest BCUT2D eigenvalue weighted by Crippen LogP contribution is -2.09. The average Bonchev–Trinajstić information content (AvgIpc) is 2.11. The van der Waals surface area contributed by atoms with Crippen LogP contribution in [-0.2, 0) is 5.75 Å². The Kier molecular flexibility index (Phi) is 5.11. The molecule has 0 fully saturated rings. The largest absolute Gasteiger partial charge is 0.220 e. The van der Waals surface area contributed by atoms with Crippen molar-refractivity contribution in [3.05, 3.63) is 21.7 Å². The SMILES string of the molecule is CC(C)c1c(Cl)nc(CSC(C)(C)C)nc1Cl. The molecule has 96 valence electrons. The third-order valence-electron chi connectivity index (χ3n) is 2.11. The van der Waals surface area contributed by atoms with Crippen molar-refractivity contribution in [3.63, 3.8) is 0 Å². The van der Waals surface area contributed by atoms with Crippen molar-refractivity contribution in [2.45, 2.75) is 51.0 Å². The highest BCUT2D eigenvalue weighted by Crippen LogP contribution is 2.31. The molecule has 1 rings (SSSR count). The van der Waals surface area contributed by atoms with Gasteiger partial charge in [-0.1, -0.05) is 57.8 Å². The molecule has 0 aliphatic rings. The van der Waals surface area contributed by atoms with Gasteiger partial charge in [0.15, 0.2) is 0 Å². The Labute approximate surface area is 118 Å². The molecule has 0 aliphatic heterocycles. The summed E-state index contributed by atoms with van der Waals surface area (Å²) in [5.74, 6) is 1.66. The number of hydrogen-bond donors (Lipinski definition) is 0. The molecule has 1 heterocycles. The smallest absolute Gasteiger partial charge is 0.141 e. The molecular formula is C12H18Cl2N2S. The number of rotatable bonds is 3. The van der Waals surface area contributed by atoms with Crippen LogP contribution in [0.1, 0.15) is 51.9 Å². The molecule has 1 aromatic heterocycles. The van der Waals surface area contributed by atoms with E-state index in [0.29, 0.717) is 16.1 Å². The molecule has 0 unspecified atom stereocenters. The van der Waals surface area contributed by atoms with E-state index in [0.717, 1.165) is 11.3 Å². The van der Waals surface area contributed by atoms with Gasteiger partial charge < -0.3 is 0 Å². The molecule has 0 aliphatic carbocycles. The van der Waals surface area contributed by atoms with Gasteiger partial charge in [0.05, 0.1) is 5.75 Å². The molecule has 0 N–H and O–H groups in total. The van der Waals surface area contributed by atoms with E-state index in [4.69, 9.17) is 23.2 Å². The van der Waals surface area contributed by atoms with E-state index in [9.17, 15) is 0 Å². The van der Waals surface area contributed by atoms with E-state index < -0.39 is 0 Å². The van der Waals surface area contributed by atoms with Crippen molar-refractivity contribution in [3.8, 4) is 0 Å². The maximum absolute atomic E-state index is 6.13. The molecule has 0 bridgehead atoms. The second-order valence-corrected chi connectivity index (χ2v) is 7.71. The van der Waals surface area contributed by atoms with E-state index in [1.807, 2.05) is 13.8 Å². The summed E-state index contributed by atoms with van der Waals surface area (Å²) in [6.07, 6.45) is 0. The van der Waals surface area contributed by atoms with Crippen molar-refractivity contribution >= 4 is 35.0 Å². The summed E-state index contributed by atoms with van der Waals surface area (Å²) in [5, 5.41) is 0.953. The van der Waals surface area contributed by atoms with Gasteiger partial charge in [-0.15, -0.1) is 11.8 Å². The highest BCUT2D eigenvalue weighted by molar-refractivity contribution is 7.99. The minimum absolute atomic E-state index is 0.180. The topological polar surface area (TPSA) is 25.8 Å². The van der Waals surface area contributed by atoms with E-state index >= 15 is 0 Å². The lowest BCUT2D eigenvalue weighted by Gasteiger charge is -2.17. The van der Waals surface area contributed by atoms with Crippen LogP contribution in [0.4, 0.5) is 0 Å². The highest BCUT2D eigenvalue weighted by Gasteiger charge is 2.16. The van der Waals surface area contributed by atoms with Crippen LogP contribution >= 0.6 is 35.0 Å². The van der Waals surface area contributed by atoms with Crippen LogP contribution in [0, 0.1) is 0 Å². The highest BCUT2D eigenvalue weighted by atomic mass is 35.5. The summed E-state index contributed by atoms with van der Waals surface area (Å²) in [4.78, 5) is 8.61. The predicted molar refractivity (Wildman–Crippen MR) is 77.2 cm³/mol. The first-order valence-electron chi connectivity index (χ1n) is 5.56. The fourth-order valence-electron chi connectivity index (χ4n) is 1.28. The summed E-state index contributed by atoms with van der Waals surface area (Å²) in [6.45, 7) is 10.5. The average molecular weight is 293 g/mol. The van der Waals surface area contributed by atoms with Gasteiger partial charge in [0, 0.05) is 10.3 Å². The van der Waals surface area contributed by atoms with E-state index in [2.05, 4.69) is 30.7 Å². The standard InChI is InChI=1S/C12H18Cl2N2S/c1-7(2)9-10(13)15-8(16-11(9)14)6-17-12(3,4)5/h7H,6H2,1-5H3. The third-order valence-corrected chi connectivity index (χ3v) is 3.96. The number of thioether (sulfide) groups is 1. The molecule has 0 radical (unpaired) electrons. The quantitative estimate of drug-likeness (QED) is 0.738. The number of nitrogens with zero attached hydrogens (tertiary/aromatic N) is 2. The van der Waals surface area contributed by atoms with Gasteiger partial charge in [-0.3, -0.25) is 0 Å². The summed E-state index contributed by atoms with van der Waals surface area (Å²) < 4.78 is 0.180. The Morgan fingerprint density at radius 1 is 1.12 bits per heavy atom. The van der Waals surface area contributed by atoms with Crippen LogP contribution in [0.15, 0.2) is 0 Å². The molecule has 1 aromatic rings. The Bertz CT molecular complexity index is 377. The van der Waals surface area contributed by atoms with E-state index in [-0.39, 0.29) is 10.7 Å². The molecule has 0 aromatic carbocycles. The molecule has 0 atom stereocenters. The zero-order valence-electron chi connectivity index (χ0n) is 10.8. The second kappa shape index (κ2) is 5.77. The zero-order chi connectivity index (χ0) is 13.2. The normalized spacial score (nSPS) is 12.2. The third kappa shape index (κ3) is 4.65. The van der Waals surface area contributed by atoms with Crippen LogP contribution in [-0.4, -0.2) is 14.7 Å². The first-order valence-corrected chi connectivity index (χ1v) is 7.30. The van der Waals surface area contributed by atoms with Gasteiger partial charge in [-0.05, 0) is 5.92 Å². The Hall–Kier alpha value is 0.01000. The molecule has 0 spiro atoms. The van der Waals surface area contributed by atoms with Crippen LogP contribution in [0.25, 0.3) is 0 Å². The van der Waals surface area contributed by atoms with Crippen molar-refractivity contribution in [1.29, 1.82) is 0 Å². The van der Waals surface area contributed by atoms with Gasteiger partial charge in [-0.2, -0.15) is 0 Å². The van der Waals surface area contributed by atoms with E-state index in [1.54, 1.807) is 11.8 Å². The molecule has 0 saturated carbocycles. The molecule has 5 heteroatoms. The lowest BCUT2D eigenvalue weighted by molar-refractivity contribution is 0.798. The predicted octanol–water partition coefficient (Wildman–Crippen LogP) is 4.94. The van der Waals surface area contributed by atoms with Gasteiger partial charge in [0.25, 0.3) is 0 Å². The Morgan fingerprint density at radius 2 is 1.59 bits per heavy atom. The second-order valence-electron chi connectivity index (χ2n) is 5.19. The van der Waals surface area contributed by atoms with Gasteiger partial charge in [0.2, 0.25) is 0 Å². The maximum Gasteiger partial charge on any atom is 0.141 e. The minimum atomic E-state index is 0.180. The van der Waals surface area contributed by atoms with Crippen molar-refractivity contribution < 1.29 is 0 Å². The number of halogens is 2. The Morgan fingerprint density at radius 3 is 1.94 bits per heavy atom. The van der Waals surface area contributed by atoms with Crippen LogP contribution in [0.5, 0.6) is 0 Å². The van der Waals surface area contributed by atoms with Crippen LogP contribution < -0.4 is 0 Å². The fraction of sp³-hybridized carbons (Fsp3) is 0.667. The zero-order valence-corrected chi connectivity index (χ0v) is 13.2. The lowest BCUT2D eigenvalue weighted by atomic mass is 10.1. The summed E-state index contributed by atoms with van der Waals surface area (Å²) in [7, 11) is 0. The molecule has 2 nitrogen and oxygen atoms in total. The van der Waals surface area contributed by atoms with E-state index in [1.165, 1.54) is 0 Å². The first kappa shape index (κ1) is 15.1. The Balaban J connectivity index is 2.91. The number of aromatic nitrogens is 2. The van der Waals surface area contributed by atoms with Crippen molar-refractivity contribution in [2.24, 2.45) is 0 Å². The molecule has 17 heavy (non-hydrogen) atoms. The van der Waals surface area contributed by atoms with Crippen LogP contribution in [0.2, 0.25) is 10.3 Å². The van der Waals surface area contributed by atoms with Crippen molar-refractivity contribution in [2.75, 3.05) is 0 Å². The summed E-state index contributed by atoms with van der Waals surface area (Å²) in [6, 6.07) is 0. The minimum Gasteiger partial charge on any atom is -0.220 e.